The zero-order valence-corrected chi connectivity index (χ0v) is 19.8. The van der Waals surface area contributed by atoms with Gasteiger partial charge >= 0.3 is 12.0 Å². The van der Waals surface area contributed by atoms with Crippen LogP contribution >= 0.6 is 23.4 Å². The van der Waals surface area contributed by atoms with Crippen molar-refractivity contribution < 1.29 is 19.1 Å². The van der Waals surface area contributed by atoms with E-state index in [0.717, 1.165) is 0 Å². The van der Waals surface area contributed by atoms with E-state index in [-0.39, 0.29) is 29.3 Å². The van der Waals surface area contributed by atoms with Gasteiger partial charge in [0.05, 0.1) is 23.8 Å². The minimum absolute atomic E-state index is 0.145. The lowest BCUT2D eigenvalue weighted by atomic mass is 9.95. The molecular weight excluding hydrogens is 464 g/mol. The molecule has 1 atom stereocenters. The van der Waals surface area contributed by atoms with Gasteiger partial charge in [-0.15, -0.1) is 0 Å². The summed E-state index contributed by atoms with van der Waals surface area (Å²) in [5.74, 6) is -0.611. The second-order valence-electron chi connectivity index (χ2n) is 7.13. The average Bonchev–Trinajstić information content (AvgIpc) is 2.77. The largest absolute Gasteiger partial charge is 0.463 e. The number of nitrogens with zero attached hydrogens (tertiary/aromatic N) is 2. The molecule has 33 heavy (non-hydrogen) atoms. The Bertz CT molecular complexity index is 1190. The molecule has 3 rings (SSSR count). The van der Waals surface area contributed by atoms with Gasteiger partial charge in [0.2, 0.25) is 0 Å². The average molecular weight is 485 g/mol. The lowest BCUT2D eigenvalue weighted by molar-refractivity contribution is -0.139. The van der Waals surface area contributed by atoms with Gasteiger partial charge in [0.25, 0.3) is 0 Å². The minimum Gasteiger partial charge on any atom is -0.463 e. The van der Waals surface area contributed by atoms with Gasteiger partial charge in [-0.25, -0.2) is 14.6 Å². The molecule has 0 fully saturated rings. The van der Waals surface area contributed by atoms with Crippen molar-refractivity contribution in [3.05, 3.63) is 69.0 Å². The number of hydrogen-bond acceptors (Lipinski definition) is 7. The molecule has 8 nitrogen and oxygen atoms in total. The van der Waals surface area contributed by atoms with Crippen molar-refractivity contribution in [1.29, 1.82) is 5.26 Å². The Hall–Kier alpha value is -3.35. The second kappa shape index (κ2) is 10.5. The number of pyridine rings is 1. The number of carbonyl (C=O) groups is 3. The van der Waals surface area contributed by atoms with Crippen molar-refractivity contribution in [3.8, 4) is 6.07 Å². The molecule has 0 aliphatic carbocycles. The van der Waals surface area contributed by atoms with Gasteiger partial charge in [0.15, 0.2) is 5.78 Å². The number of nitriles is 1. The number of esters is 1. The summed E-state index contributed by atoms with van der Waals surface area (Å²) in [6, 6.07) is 9.13. The number of ether oxygens (including phenoxy) is 1. The summed E-state index contributed by atoms with van der Waals surface area (Å²) < 4.78 is 5.25. The smallest absolute Gasteiger partial charge is 0.338 e. The van der Waals surface area contributed by atoms with Gasteiger partial charge < -0.3 is 15.4 Å². The normalized spacial score (nSPS) is 15.4. The number of Topliss-reactive ketones (excluding diaryl/α,β-unsaturated/α-hetero) is 1. The summed E-state index contributed by atoms with van der Waals surface area (Å²) in [6.07, 6.45) is 0. The highest BCUT2D eigenvalue weighted by atomic mass is 35.5. The maximum atomic E-state index is 12.9. The fraction of sp³-hybridized carbons (Fsp3) is 0.261. The highest BCUT2D eigenvalue weighted by Gasteiger charge is 2.33. The summed E-state index contributed by atoms with van der Waals surface area (Å²) in [4.78, 5) is 41.5. The van der Waals surface area contributed by atoms with Crippen molar-refractivity contribution in [2.75, 3.05) is 12.4 Å². The van der Waals surface area contributed by atoms with Gasteiger partial charge in [-0.3, -0.25) is 4.79 Å². The molecule has 1 aromatic heterocycles. The van der Waals surface area contributed by atoms with Crippen LogP contribution < -0.4 is 10.6 Å². The predicted molar refractivity (Wildman–Crippen MR) is 124 cm³/mol. The molecule has 2 aromatic rings. The molecule has 0 saturated heterocycles. The van der Waals surface area contributed by atoms with Crippen LogP contribution in [-0.2, 0) is 9.53 Å². The number of amides is 2. The van der Waals surface area contributed by atoms with Crippen molar-refractivity contribution in [3.63, 3.8) is 0 Å². The van der Waals surface area contributed by atoms with Crippen molar-refractivity contribution in [1.82, 2.24) is 15.6 Å². The third kappa shape index (κ3) is 5.53. The standard InChI is InChI=1S/C23H21ClN4O4S/c1-4-32-22(30)19-18(27-23(31)28-20(19)14-5-7-16(24)8-6-14)11-33-21-15(10-25)9-17(13(3)29)12(2)26-21/h5-9,20H,4,11H2,1-3H3,(H2,27,28,31). The van der Waals surface area contributed by atoms with Gasteiger partial charge in [0.1, 0.15) is 11.1 Å². The first kappa shape index (κ1) is 24.3. The van der Waals surface area contributed by atoms with Crippen LogP contribution in [0.15, 0.2) is 46.6 Å². The van der Waals surface area contributed by atoms with Gasteiger partial charge in [-0.05, 0) is 44.5 Å². The SMILES string of the molecule is CCOC(=O)C1=C(CSc2nc(C)c(C(C)=O)cc2C#N)NC(=O)NC1c1ccc(Cl)cc1. The summed E-state index contributed by atoms with van der Waals surface area (Å²) in [7, 11) is 0. The van der Waals surface area contributed by atoms with Crippen molar-refractivity contribution in [2.24, 2.45) is 0 Å². The number of halogens is 1. The Labute approximate surface area is 200 Å². The van der Waals surface area contributed by atoms with Crippen LogP contribution in [0.2, 0.25) is 5.02 Å². The van der Waals surface area contributed by atoms with E-state index in [1.165, 1.54) is 24.8 Å². The van der Waals surface area contributed by atoms with E-state index in [1.807, 2.05) is 0 Å². The zero-order chi connectivity index (χ0) is 24.1. The maximum Gasteiger partial charge on any atom is 0.338 e. The van der Waals surface area contributed by atoms with Crippen LogP contribution in [0.3, 0.4) is 0 Å². The van der Waals surface area contributed by atoms with Crippen LogP contribution in [0, 0.1) is 18.3 Å². The van der Waals surface area contributed by atoms with Crippen LogP contribution in [0.1, 0.15) is 47.1 Å². The maximum absolute atomic E-state index is 12.9. The van der Waals surface area contributed by atoms with E-state index in [4.69, 9.17) is 16.3 Å². The van der Waals surface area contributed by atoms with Gasteiger partial charge in [0, 0.05) is 27.7 Å². The molecule has 0 saturated carbocycles. The number of hydrogen-bond donors (Lipinski definition) is 2. The zero-order valence-electron chi connectivity index (χ0n) is 18.2. The Morgan fingerprint density at radius 1 is 1.30 bits per heavy atom. The second-order valence-corrected chi connectivity index (χ2v) is 8.53. The quantitative estimate of drug-likeness (QED) is 0.345. The fourth-order valence-corrected chi connectivity index (χ4v) is 4.45. The number of urea groups is 1. The lowest BCUT2D eigenvalue weighted by Crippen LogP contribution is -2.46. The van der Waals surface area contributed by atoms with Crippen LogP contribution in [-0.4, -0.2) is 35.1 Å². The number of aryl methyl sites for hydroxylation is 1. The molecule has 0 spiro atoms. The van der Waals surface area contributed by atoms with Crippen LogP contribution in [0.25, 0.3) is 0 Å². The minimum atomic E-state index is -0.740. The number of rotatable bonds is 7. The molecule has 2 N–H and O–H groups in total. The molecule has 10 heteroatoms. The summed E-state index contributed by atoms with van der Waals surface area (Å²) in [5, 5.41) is 15.9. The first-order valence-corrected chi connectivity index (χ1v) is 11.4. The summed E-state index contributed by atoms with van der Waals surface area (Å²) in [5.41, 5.74) is 2.38. The van der Waals surface area contributed by atoms with Gasteiger partial charge in [-0.1, -0.05) is 35.5 Å². The number of aromatic nitrogens is 1. The monoisotopic (exact) mass is 484 g/mol. The third-order valence-corrected chi connectivity index (χ3v) is 6.15. The molecular formula is C23H21ClN4O4S. The molecule has 2 heterocycles. The molecule has 1 aromatic carbocycles. The Balaban J connectivity index is 2.01. The number of thioether (sulfide) groups is 1. The van der Waals surface area contributed by atoms with E-state index in [9.17, 15) is 19.6 Å². The fourth-order valence-electron chi connectivity index (χ4n) is 3.36. The first-order valence-electron chi connectivity index (χ1n) is 10.0. The number of carbonyl (C=O) groups excluding carboxylic acids is 3. The van der Waals surface area contributed by atoms with E-state index in [1.54, 1.807) is 38.1 Å². The van der Waals surface area contributed by atoms with E-state index < -0.39 is 18.0 Å². The Morgan fingerprint density at radius 3 is 2.61 bits per heavy atom. The molecule has 2 amide bonds. The van der Waals surface area contributed by atoms with Crippen molar-refractivity contribution in [2.45, 2.75) is 31.8 Å². The topological polar surface area (TPSA) is 121 Å². The van der Waals surface area contributed by atoms with E-state index in [2.05, 4.69) is 21.7 Å². The highest BCUT2D eigenvalue weighted by Crippen LogP contribution is 2.32. The summed E-state index contributed by atoms with van der Waals surface area (Å²) in [6.45, 7) is 4.96. The predicted octanol–water partition coefficient (Wildman–Crippen LogP) is 4.08. The Kier molecular flexibility index (Phi) is 7.74. The van der Waals surface area contributed by atoms with Crippen molar-refractivity contribution >= 4 is 41.1 Å². The van der Waals surface area contributed by atoms with E-state index >= 15 is 0 Å². The highest BCUT2D eigenvalue weighted by molar-refractivity contribution is 7.99. The number of ketones is 1. The summed E-state index contributed by atoms with van der Waals surface area (Å²) >= 11 is 7.16. The molecule has 1 aliphatic rings. The molecule has 1 aliphatic heterocycles. The molecule has 170 valence electrons. The van der Waals surface area contributed by atoms with E-state index in [0.29, 0.717) is 32.6 Å². The number of benzene rings is 1. The van der Waals surface area contributed by atoms with Crippen LogP contribution in [0.4, 0.5) is 4.79 Å². The Morgan fingerprint density at radius 2 is 2.00 bits per heavy atom. The van der Waals surface area contributed by atoms with Gasteiger partial charge in [-0.2, -0.15) is 5.26 Å². The number of nitrogens with one attached hydrogen (secondary N) is 2. The van der Waals surface area contributed by atoms with Crippen LogP contribution in [0.5, 0.6) is 0 Å². The first-order chi connectivity index (χ1) is 15.7. The lowest BCUT2D eigenvalue weighted by Gasteiger charge is -2.29. The molecule has 0 radical (unpaired) electrons. The molecule has 0 bridgehead atoms. The molecule has 1 unspecified atom stereocenters. The third-order valence-electron chi connectivity index (χ3n) is 4.88.